The first-order valence-electron chi connectivity index (χ1n) is 14.3. The van der Waals surface area contributed by atoms with Crippen LogP contribution in [0.1, 0.15) is 77.3 Å². The predicted molar refractivity (Wildman–Crippen MR) is 157 cm³/mol. The van der Waals surface area contributed by atoms with E-state index >= 15 is 0 Å². The first kappa shape index (κ1) is 31.0. The largest absolute Gasteiger partial charge is 0.488 e. The number of esters is 1. The molecule has 9 heteroatoms. The lowest BCUT2D eigenvalue weighted by Gasteiger charge is -2.35. The van der Waals surface area contributed by atoms with Crippen molar-refractivity contribution in [1.82, 2.24) is 9.88 Å². The van der Waals surface area contributed by atoms with Gasteiger partial charge in [0.25, 0.3) is 0 Å². The predicted octanol–water partition coefficient (Wildman–Crippen LogP) is 6.22. The average Bonchev–Trinajstić information content (AvgIpc) is 3.43. The van der Waals surface area contributed by atoms with Gasteiger partial charge in [0.05, 0.1) is 30.9 Å². The fourth-order valence-electron chi connectivity index (χ4n) is 5.16. The van der Waals surface area contributed by atoms with E-state index in [1.54, 1.807) is 30.2 Å². The Hall–Kier alpha value is -2.94. The summed E-state index contributed by atoms with van der Waals surface area (Å²) in [6.07, 6.45) is 4.53. The maximum absolute atomic E-state index is 13.6. The molecule has 2 atom stereocenters. The molecule has 1 saturated heterocycles. The Bertz CT molecular complexity index is 1220. The zero-order valence-electron chi connectivity index (χ0n) is 24.7. The lowest BCUT2D eigenvalue weighted by Crippen LogP contribution is -2.42. The van der Waals surface area contributed by atoms with E-state index in [1.807, 2.05) is 52.0 Å². The molecule has 222 valence electrons. The SMILES string of the molecule is CC1=C(C(=O)OCc2ccc(OC(C)(C)CCOC(C)C)cc2)[C@H](c2ccc(Cl)nc2)CC(=O)N1C[C@H]1CCCO1. The van der Waals surface area contributed by atoms with E-state index in [4.69, 9.17) is 30.5 Å². The molecule has 1 aromatic carbocycles. The molecule has 0 bridgehead atoms. The van der Waals surface area contributed by atoms with E-state index in [-0.39, 0.29) is 36.7 Å². The van der Waals surface area contributed by atoms with Gasteiger partial charge in [-0.1, -0.05) is 29.8 Å². The van der Waals surface area contributed by atoms with Crippen LogP contribution >= 0.6 is 11.6 Å². The third-order valence-electron chi connectivity index (χ3n) is 7.45. The van der Waals surface area contributed by atoms with Crippen LogP contribution in [0.3, 0.4) is 0 Å². The molecule has 2 aliphatic rings. The number of rotatable bonds is 12. The normalized spacial score (nSPS) is 19.7. The van der Waals surface area contributed by atoms with Gasteiger partial charge in [0.2, 0.25) is 5.91 Å². The zero-order valence-corrected chi connectivity index (χ0v) is 25.4. The van der Waals surface area contributed by atoms with E-state index in [1.165, 1.54) is 0 Å². The third-order valence-corrected chi connectivity index (χ3v) is 7.67. The van der Waals surface area contributed by atoms with Gasteiger partial charge in [-0.2, -0.15) is 0 Å². The summed E-state index contributed by atoms with van der Waals surface area (Å²) in [5.41, 5.74) is 2.24. The van der Waals surface area contributed by atoms with Crippen LogP contribution in [0.5, 0.6) is 5.75 Å². The number of pyridine rings is 1. The van der Waals surface area contributed by atoms with Gasteiger partial charge in [-0.3, -0.25) is 4.79 Å². The number of carbonyl (C=O) groups is 2. The van der Waals surface area contributed by atoms with E-state index < -0.39 is 11.9 Å². The monoisotopic (exact) mass is 584 g/mol. The summed E-state index contributed by atoms with van der Waals surface area (Å²) in [6, 6.07) is 11.0. The number of carbonyl (C=O) groups excluding carboxylic acids is 2. The Morgan fingerprint density at radius 2 is 1.95 bits per heavy atom. The molecule has 1 aromatic heterocycles. The Kier molecular flexibility index (Phi) is 10.4. The fourth-order valence-corrected chi connectivity index (χ4v) is 5.27. The Morgan fingerprint density at radius 1 is 1.20 bits per heavy atom. The lowest BCUT2D eigenvalue weighted by atomic mass is 9.84. The van der Waals surface area contributed by atoms with Crippen molar-refractivity contribution in [2.75, 3.05) is 19.8 Å². The van der Waals surface area contributed by atoms with Crippen LogP contribution in [0.15, 0.2) is 53.9 Å². The standard InChI is InChI=1S/C32H41ClN2O6/c1-21(2)38-16-14-32(4,5)41-25-11-8-23(9-12-25)20-40-31(37)30-22(3)35(19-26-7-6-15-39-26)29(36)17-27(30)24-10-13-28(33)34-18-24/h8-13,18,21,26-27H,6-7,14-17,19-20H2,1-5H3/t26-,27+/m1/s1. The number of benzene rings is 1. The smallest absolute Gasteiger partial charge is 0.336 e. The second-order valence-electron chi connectivity index (χ2n) is 11.6. The van der Waals surface area contributed by atoms with Crippen LogP contribution in [-0.4, -0.2) is 59.3 Å². The van der Waals surface area contributed by atoms with Crippen LogP contribution in [0.4, 0.5) is 0 Å². The molecule has 0 radical (unpaired) electrons. The Morgan fingerprint density at radius 3 is 2.59 bits per heavy atom. The number of aromatic nitrogens is 1. The molecule has 2 aliphatic heterocycles. The summed E-state index contributed by atoms with van der Waals surface area (Å²) in [7, 11) is 0. The van der Waals surface area contributed by atoms with Gasteiger partial charge in [0.1, 0.15) is 23.1 Å². The zero-order chi connectivity index (χ0) is 29.6. The van der Waals surface area contributed by atoms with E-state index in [0.717, 1.165) is 36.1 Å². The molecule has 3 heterocycles. The van der Waals surface area contributed by atoms with Crippen molar-refractivity contribution in [3.05, 3.63) is 70.1 Å². The van der Waals surface area contributed by atoms with Gasteiger partial charge in [-0.05, 0) is 76.8 Å². The van der Waals surface area contributed by atoms with E-state index in [0.29, 0.717) is 36.2 Å². The molecule has 0 unspecified atom stereocenters. The minimum absolute atomic E-state index is 0.0339. The van der Waals surface area contributed by atoms with E-state index in [9.17, 15) is 9.59 Å². The van der Waals surface area contributed by atoms with Gasteiger partial charge < -0.3 is 23.8 Å². The number of halogens is 1. The molecule has 0 N–H and O–H groups in total. The average molecular weight is 585 g/mol. The molecule has 0 aliphatic carbocycles. The second kappa shape index (κ2) is 13.8. The molecular formula is C32H41ClN2O6. The van der Waals surface area contributed by atoms with Gasteiger partial charge in [-0.25, -0.2) is 9.78 Å². The van der Waals surface area contributed by atoms with Crippen molar-refractivity contribution in [3.8, 4) is 5.75 Å². The summed E-state index contributed by atoms with van der Waals surface area (Å²) in [5.74, 6) is -0.250. The highest BCUT2D eigenvalue weighted by molar-refractivity contribution is 6.29. The van der Waals surface area contributed by atoms with Crippen LogP contribution in [0.25, 0.3) is 0 Å². The van der Waals surface area contributed by atoms with Gasteiger partial charge >= 0.3 is 5.97 Å². The quantitative estimate of drug-likeness (QED) is 0.216. The minimum Gasteiger partial charge on any atom is -0.488 e. The minimum atomic E-state index is -0.474. The van der Waals surface area contributed by atoms with E-state index in [2.05, 4.69) is 4.98 Å². The third kappa shape index (κ3) is 8.53. The summed E-state index contributed by atoms with van der Waals surface area (Å²) >= 11 is 6.00. The number of hydrogen-bond acceptors (Lipinski definition) is 7. The molecule has 4 rings (SSSR count). The second-order valence-corrected chi connectivity index (χ2v) is 11.9. The highest BCUT2D eigenvalue weighted by atomic mass is 35.5. The maximum atomic E-state index is 13.6. The molecule has 0 spiro atoms. The van der Waals surface area contributed by atoms with Crippen molar-refractivity contribution in [3.63, 3.8) is 0 Å². The van der Waals surface area contributed by atoms with Crippen molar-refractivity contribution < 1.29 is 28.5 Å². The molecule has 2 aromatic rings. The fraction of sp³-hybridized carbons (Fsp3) is 0.531. The molecule has 0 saturated carbocycles. The maximum Gasteiger partial charge on any atom is 0.336 e. The highest BCUT2D eigenvalue weighted by Crippen LogP contribution is 2.38. The number of ether oxygens (including phenoxy) is 4. The molecule has 1 amide bonds. The van der Waals surface area contributed by atoms with Crippen LogP contribution in [0, 0.1) is 0 Å². The van der Waals surface area contributed by atoms with Crippen LogP contribution in [0.2, 0.25) is 5.15 Å². The first-order chi connectivity index (χ1) is 19.5. The van der Waals surface area contributed by atoms with Crippen LogP contribution < -0.4 is 4.74 Å². The molecule has 41 heavy (non-hydrogen) atoms. The number of allylic oxidation sites excluding steroid dienone is 1. The summed E-state index contributed by atoms with van der Waals surface area (Å²) in [6.45, 7) is 11.7. The molecule has 1 fully saturated rings. The summed E-state index contributed by atoms with van der Waals surface area (Å²) in [5, 5.41) is 0.348. The number of amides is 1. The Labute approximate surface area is 248 Å². The van der Waals surface area contributed by atoms with Crippen molar-refractivity contribution in [1.29, 1.82) is 0 Å². The number of nitrogens with zero attached hydrogens (tertiary/aromatic N) is 2. The Balaban J connectivity index is 1.46. The van der Waals surface area contributed by atoms with Crippen molar-refractivity contribution in [2.24, 2.45) is 0 Å². The van der Waals surface area contributed by atoms with Crippen LogP contribution in [-0.2, 0) is 30.4 Å². The number of hydrogen-bond donors (Lipinski definition) is 0. The van der Waals surface area contributed by atoms with Gasteiger partial charge in [0, 0.05) is 37.3 Å². The van der Waals surface area contributed by atoms with Gasteiger partial charge in [-0.15, -0.1) is 0 Å². The van der Waals surface area contributed by atoms with Crippen molar-refractivity contribution in [2.45, 2.75) is 90.6 Å². The first-order valence-corrected chi connectivity index (χ1v) is 14.7. The van der Waals surface area contributed by atoms with Gasteiger partial charge in [0.15, 0.2) is 0 Å². The molecular weight excluding hydrogens is 544 g/mol. The molecule has 8 nitrogen and oxygen atoms in total. The lowest BCUT2D eigenvalue weighted by molar-refractivity contribution is -0.141. The topological polar surface area (TPSA) is 87.2 Å². The highest BCUT2D eigenvalue weighted by Gasteiger charge is 2.38. The van der Waals surface area contributed by atoms with Crippen molar-refractivity contribution >= 4 is 23.5 Å². The summed E-state index contributed by atoms with van der Waals surface area (Å²) < 4.78 is 23.4. The summed E-state index contributed by atoms with van der Waals surface area (Å²) in [4.78, 5) is 32.7.